The van der Waals surface area contributed by atoms with Crippen LogP contribution in [0.2, 0.25) is 5.02 Å². The molecule has 0 saturated carbocycles. The molecule has 0 radical (unpaired) electrons. The van der Waals surface area contributed by atoms with Crippen molar-refractivity contribution in [3.05, 3.63) is 83.3 Å². The van der Waals surface area contributed by atoms with Gasteiger partial charge in [0.15, 0.2) is 5.82 Å². The van der Waals surface area contributed by atoms with Gasteiger partial charge in [0, 0.05) is 61.5 Å². The number of nitrogens with zero attached hydrogens (tertiary/aromatic N) is 5. The Morgan fingerprint density at radius 3 is 2.54 bits per heavy atom. The lowest BCUT2D eigenvalue weighted by molar-refractivity contribution is -0.134. The molecular formula is C36H42ClN8O4P. The third-order valence-electron chi connectivity index (χ3n) is 9.26. The van der Waals surface area contributed by atoms with E-state index in [-0.39, 0.29) is 17.7 Å². The van der Waals surface area contributed by atoms with Crippen molar-refractivity contribution in [3.63, 3.8) is 0 Å². The van der Waals surface area contributed by atoms with Crippen LogP contribution in [0.15, 0.2) is 67.1 Å². The van der Waals surface area contributed by atoms with Crippen molar-refractivity contribution >= 4 is 64.7 Å². The fraction of sp³-hybridized carbons (Fsp3) is 0.361. The molecule has 0 aliphatic carbocycles. The second-order valence-electron chi connectivity index (χ2n) is 13.2. The summed E-state index contributed by atoms with van der Waals surface area (Å²) in [6, 6.07) is 15.9. The molecule has 12 nitrogen and oxygen atoms in total. The third kappa shape index (κ3) is 8.26. The third-order valence-corrected chi connectivity index (χ3v) is 11.1. The Hall–Kier alpha value is -4.51. The van der Waals surface area contributed by atoms with Crippen molar-refractivity contribution in [2.24, 2.45) is 0 Å². The Kier molecular flexibility index (Phi) is 10.7. The summed E-state index contributed by atoms with van der Waals surface area (Å²) in [5.74, 6) is 0.583. The Bertz CT molecular complexity index is 1930. The van der Waals surface area contributed by atoms with E-state index in [1.54, 1.807) is 26.6 Å². The van der Waals surface area contributed by atoms with Gasteiger partial charge in [0.1, 0.15) is 17.9 Å². The summed E-state index contributed by atoms with van der Waals surface area (Å²) in [4.78, 5) is 42.1. The number of carbonyl (C=O) groups excluding carboxylic acids is 2. The number of nitrogens with one attached hydrogen (secondary N) is 3. The lowest BCUT2D eigenvalue weighted by atomic mass is 9.91. The first kappa shape index (κ1) is 35.3. The molecule has 2 amide bonds. The van der Waals surface area contributed by atoms with Crippen molar-refractivity contribution in [2.45, 2.75) is 44.2 Å². The number of imide groups is 1. The number of pyridine rings is 1. The largest absolute Gasteiger partial charge is 0.494 e. The smallest absolute Gasteiger partial charge is 0.234 e. The van der Waals surface area contributed by atoms with Crippen LogP contribution in [-0.4, -0.2) is 78.3 Å². The number of anilines is 5. The van der Waals surface area contributed by atoms with E-state index in [0.717, 1.165) is 49.3 Å². The van der Waals surface area contributed by atoms with E-state index in [0.29, 0.717) is 58.1 Å². The standard InChI is InChI=1S/C36H42ClN8O4P/c1-44(22-23-17-24(20-38-19-23)27-10-12-33(46)42-35(27)47)25-13-15-45(16-14-25)26-9-11-29(31(18-26)49-2)41-36-39-21-28(37)34(43-36)40-30-7-5-6-8-32(30)50(3,4)48/h5-9,11,17-21,25,27H,10,12-16,22H2,1-4H3,(H,42,46,47)(H2,39,40,41,43). The number of benzene rings is 2. The number of methoxy groups -OCH3 is 1. The van der Waals surface area contributed by atoms with E-state index < -0.39 is 7.14 Å². The molecule has 0 bridgehead atoms. The Morgan fingerprint density at radius 2 is 1.80 bits per heavy atom. The second-order valence-corrected chi connectivity index (χ2v) is 16.7. The van der Waals surface area contributed by atoms with E-state index >= 15 is 0 Å². The number of ether oxygens (including phenoxy) is 1. The van der Waals surface area contributed by atoms with Crippen molar-refractivity contribution in [1.82, 2.24) is 25.2 Å². The van der Waals surface area contributed by atoms with Crippen LogP contribution < -0.4 is 30.9 Å². The molecule has 2 aliphatic heterocycles. The molecule has 2 aromatic carbocycles. The number of hydrogen-bond donors (Lipinski definition) is 3. The van der Waals surface area contributed by atoms with E-state index in [1.165, 1.54) is 6.20 Å². The maximum absolute atomic E-state index is 12.9. The van der Waals surface area contributed by atoms with Crippen molar-refractivity contribution in [1.29, 1.82) is 0 Å². The Balaban J connectivity index is 1.07. The van der Waals surface area contributed by atoms with Gasteiger partial charge in [-0.25, -0.2) is 4.98 Å². The minimum Gasteiger partial charge on any atom is -0.494 e. The number of piperidine rings is 2. The molecule has 2 aliphatic rings. The zero-order chi connectivity index (χ0) is 35.4. The van der Waals surface area contributed by atoms with Gasteiger partial charge in [-0.15, -0.1) is 0 Å². The molecule has 262 valence electrons. The highest BCUT2D eigenvalue weighted by Crippen LogP contribution is 2.39. The molecule has 4 heterocycles. The number of aromatic nitrogens is 3. The number of para-hydroxylation sites is 1. The van der Waals surface area contributed by atoms with Gasteiger partial charge in [-0.2, -0.15) is 4.98 Å². The summed E-state index contributed by atoms with van der Waals surface area (Å²) in [6.07, 6.45) is 7.94. The number of hydrogen-bond acceptors (Lipinski definition) is 11. The van der Waals surface area contributed by atoms with Crippen LogP contribution in [0, 0.1) is 0 Å². The first-order chi connectivity index (χ1) is 24.0. The molecule has 0 spiro atoms. The van der Waals surface area contributed by atoms with Gasteiger partial charge in [0.2, 0.25) is 17.8 Å². The van der Waals surface area contributed by atoms with Gasteiger partial charge >= 0.3 is 0 Å². The SMILES string of the molecule is COc1cc(N2CCC(N(C)Cc3cncc(C4CCC(=O)NC4=O)c3)CC2)ccc1Nc1ncc(Cl)c(Nc2ccccc2P(C)(C)=O)n1. The van der Waals surface area contributed by atoms with Crippen LogP contribution in [0.3, 0.4) is 0 Å². The average molecular weight is 717 g/mol. The summed E-state index contributed by atoms with van der Waals surface area (Å²) in [7, 11) is 1.22. The second kappa shape index (κ2) is 15.2. The van der Waals surface area contributed by atoms with Crippen LogP contribution in [0.1, 0.15) is 42.7 Å². The fourth-order valence-corrected chi connectivity index (χ4v) is 7.86. The van der Waals surface area contributed by atoms with Gasteiger partial charge < -0.3 is 24.8 Å². The molecule has 2 fully saturated rings. The van der Waals surface area contributed by atoms with Crippen LogP contribution in [0.25, 0.3) is 0 Å². The molecule has 2 aromatic heterocycles. The molecule has 3 N–H and O–H groups in total. The van der Waals surface area contributed by atoms with Crippen molar-refractivity contribution in [2.75, 3.05) is 56.1 Å². The first-order valence-corrected chi connectivity index (χ1v) is 19.6. The number of rotatable bonds is 11. The van der Waals surface area contributed by atoms with E-state index in [9.17, 15) is 14.2 Å². The lowest BCUT2D eigenvalue weighted by Gasteiger charge is -2.38. The zero-order valence-corrected chi connectivity index (χ0v) is 30.3. The summed E-state index contributed by atoms with van der Waals surface area (Å²) in [6.45, 7) is 5.95. The Morgan fingerprint density at radius 1 is 1.02 bits per heavy atom. The molecule has 6 rings (SSSR count). The zero-order valence-electron chi connectivity index (χ0n) is 28.6. The van der Waals surface area contributed by atoms with Crippen molar-refractivity contribution in [3.8, 4) is 5.75 Å². The highest BCUT2D eigenvalue weighted by atomic mass is 35.5. The summed E-state index contributed by atoms with van der Waals surface area (Å²) >= 11 is 6.45. The minimum absolute atomic E-state index is 0.214. The Labute approximate surface area is 297 Å². The maximum atomic E-state index is 12.9. The van der Waals surface area contributed by atoms with Gasteiger partial charge in [0.25, 0.3) is 0 Å². The van der Waals surface area contributed by atoms with E-state index in [1.807, 2.05) is 48.7 Å². The molecule has 2 saturated heterocycles. The molecule has 50 heavy (non-hydrogen) atoms. The van der Waals surface area contributed by atoms with E-state index in [4.69, 9.17) is 16.3 Å². The molecule has 1 unspecified atom stereocenters. The first-order valence-electron chi connectivity index (χ1n) is 16.6. The van der Waals surface area contributed by atoms with Gasteiger partial charge in [-0.1, -0.05) is 29.8 Å². The number of halogens is 1. The molecular weight excluding hydrogens is 675 g/mol. The van der Waals surface area contributed by atoms with Crippen LogP contribution in [0.4, 0.5) is 28.8 Å². The predicted octanol–water partition coefficient (Wildman–Crippen LogP) is 5.89. The van der Waals surface area contributed by atoms with Crippen LogP contribution >= 0.6 is 18.7 Å². The van der Waals surface area contributed by atoms with Gasteiger partial charge in [-0.3, -0.25) is 24.8 Å². The molecule has 1 atom stereocenters. The average Bonchev–Trinajstić information content (AvgIpc) is 3.10. The number of amides is 2. The highest BCUT2D eigenvalue weighted by molar-refractivity contribution is 7.70. The maximum Gasteiger partial charge on any atom is 0.234 e. The van der Waals surface area contributed by atoms with Crippen LogP contribution in [0.5, 0.6) is 5.75 Å². The molecule has 14 heteroatoms. The molecule has 4 aromatic rings. The normalized spacial score (nSPS) is 17.1. The fourth-order valence-electron chi connectivity index (χ4n) is 6.57. The summed E-state index contributed by atoms with van der Waals surface area (Å²) in [5.41, 5.74) is 4.36. The number of carbonyl (C=O) groups is 2. The van der Waals surface area contributed by atoms with E-state index in [2.05, 4.69) is 53.8 Å². The quantitative estimate of drug-likeness (QED) is 0.126. The summed E-state index contributed by atoms with van der Waals surface area (Å²) in [5, 5.41) is 9.98. The summed E-state index contributed by atoms with van der Waals surface area (Å²) < 4.78 is 18.6. The minimum atomic E-state index is -2.54. The van der Waals surface area contributed by atoms with Crippen LogP contribution in [-0.2, 0) is 20.7 Å². The van der Waals surface area contributed by atoms with Crippen molar-refractivity contribution < 1.29 is 18.9 Å². The predicted molar refractivity (Wildman–Crippen MR) is 198 cm³/mol. The highest BCUT2D eigenvalue weighted by Gasteiger charge is 2.29. The van der Waals surface area contributed by atoms with Gasteiger partial charge in [-0.05, 0) is 75.0 Å². The van der Waals surface area contributed by atoms with Gasteiger partial charge in [0.05, 0.1) is 30.6 Å². The lowest BCUT2D eigenvalue weighted by Crippen LogP contribution is -2.43. The monoisotopic (exact) mass is 716 g/mol. The topological polar surface area (TPSA) is 142 Å².